The number of carbonyl (C=O) groups excluding carboxylic acids is 2. The van der Waals surface area contributed by atoms with E-state index in [0.717, 1.165) is 0 Å². The highest BCUT2D eigenvalue weighted by Crippen LogP contribution is 2.31. The SMILES string of the molecule is CCOC(=O)C(C)(CC)CC(C)C(=O)OCN. The molecule has 0 aromatic heterocycles. The Hall–Kier alpha value is -1.10. The summed E-state index contributed by atoms with van der Waals surface area (Å²) in [6, 6.07) is 0. The molecule has 0 rings (SSSR count). The molecule has 0 heterocycles. The third-order valence-electron chi connectivity index (χ3n) is 2.93. The molecule has 0 aliphatic heterocycles. The van der Waals surface area contributed by atoms with E-state index in [1.807, 2.05) is 6.92 Å². The summed E-state index contributed by atoms with van der Waals surface area (Å²) in [7, 11) is 0. The van der Waals surface area contributed by atoms with Crippen LogP contribution < -0.4 is 5.73 Å². The summed E-state index contributed by atoms with van der Waals surface area (Å²) in [5, 5.41) is 0. The monoisotopic (exact) mass is 245 g/mol. The van der Waals surface area contributed by atoms with Crippen molar-refractivity contribution in [3.63, 3.8) is 0 Å². The van der Waals surface area contributed by atoms with Gasteiger partial charge in [-0.15, -0.1) is 0 Å². The standard InChI is InChI=1S/C12H23NO4/c1-5-12(4,11(15)16-6-2)7-9(3)10(14)17-8-13/h9H,5-8,13H2,1-4H3. The highest BCUT2D eigenvalue weighted by Gasteiger charge is 2.36. The molecule has 2 atom stereocenters. The number of hydrogen-bond acceptors (Lipinski definition) is 5. The normalized spacial score (nSPS) is 15.8. The van der Waals surface area contributed by atoms with Crippen LogP contribution in [0, 0.1) is 11.3 Å². The van der Waals surface area contributed by atoms with Gasteiger partial charge in [0.05, 0.1) is 17.9 Å². The highest BCUT2D eigenvalue weighted by molar-refractivity contribution is 5.78. The van der Waals surface area contributed by atoms with Crippen LogP contribution in [0.3, 0.4) is 0 Å². The zero-order valence-electron chi connectivity index (χ0n) is 11.1. The molecule has 5 heteroatoms. The van der Waals surface area contributed by atoms with E-state index in [2.05, 4.69) is 0 Å². The molecule has 0 fully saturated rings. The molecule has 0 aromatic rings. The molecule has 5 nitrogen and oxygen atoms in total. The van der Waals surface area contributed by atoms with Crippen molar-refractivity contribution >= 4 is 11.9 Å². The van der Waals surface area contributed by atoms with E-state index >= 15 is 0 Å². The molecule has 2 unspecified atom stereocenters. The second-order valence-electron chi connectivity index (χ2n) is 4.37. The van der Waals surface area contributed by atoms with Crippen molar-refractivity contribution < 1.29 is 19.1 Å². The van der Waals surface area contributed by atoms with E-state index in [1.54, 1.807) is 20.8 Å². The lowest BCUT2D eigenvalue weighted by Gasteiger charge is -2.27. The highest BCUT2D eigenvalue weighted by atomic mass is 16.5. The van der Waals surface area contributed by atoms with E-state index in [1.165, 1.54) is 0 Å². The summed E-state index contributed by atoms with van der Waals surface area (Å²) in [6.45, 7) is 7.40. The van der Waals surface area contributed by atoms with Crippen molar-refractivity contribution in [2.75, 3.05) is 13.3 Å². The lowest BCUT2D eigenvalue weighted by molar-refractivity contribution is -0.158. The fourth-order valence-electron chi connectivity index (χ4n) is 1.66. The van der Waals surface area contributed by atoms with E-state index < -0.39 is 5.41 Å². The lowest BCUT2D eigenvalue weighted by Crippen LogP contribution is -2.33. The summed E-state index contributed by atoms with van der Waals surface area (Å²) in [6.07, 6.45) is 1.02. The fourth-order valence-corrected chi connectivity index (χ4v) is 1.66. The van der Waals surface area contributed by atoms with Crippen LogP contribution in [0.5, 0.6) is 0 Å². The maximum Gasteiger partial charge on any atom is 0.311 e. The predicted octanol–water partition coefficient (Wildman–Crippen LogP) is 1.45. The van der Waals surface area contributed by atoms with Gasteiger partial charge < -0.3 is 9.47 Å². The minimum atomic E-state index is -0.650. The van der Waals surface area contributed by atoms with Crippen LogP contribution in [0.15, 0.2) is 0 Å². The molecular weight excluding hydrogens is 222 g/mol. The van der Waals surface area contributed by atoms with Gasteiger partial charge in [-0.3, -0.25) is 15.3 Å². The van der Waals surface area contributed by atoms with E-state index in [9.17, 15) is 9.59 Å². The zero-order valence-corrected chi connectivity index (χ0v) is 11.1. The van der Waals surface area contributed by atoms with Gasteiger partial charge in [-0.25, -0.2) is 0 Å². The Labute approximate surface area is 103 Å². The van der Waals surface area contributed by atoms with Gasteiger partial charge in [-0.05, 0) is 26.7 Å². The Morgan fingerprint density at radius 2 is 1.88 bits per heavy atom. The molecule has 0 bridgehead atoms. The van der Waals surface area contributed by atoms with Crippen molar-refractivity contribution in [3.05, 3.63) is 0 Å². The van der Waals surface area contributed by atoms with Crippen LogP contribution in [0.1, 0.15) is 40.5 Å². The number of nitrogens with two attached hydrogens (primary N) is 1. The van der Waals surface area contributed by atoms with Crippen LogP contribution in [0.25, 0.3) is 0 Å². The molecule has 100 valence electrons. The van der Waals surface area contributed by atoms with Gasteiger partial charge in [-0.1, -0.05) is 13.8 Å². The van der Waals surface area contributed by atoms with Crippen molar-refractivity contribution in [2.45, 2.75) is 40.5 Å². The van der Waals surface area contributed by atoms with E-state index in [0.29, 0.717) is 19.4 Å². The van der Waals surface area contributed by atoms with Gasteiger partial charge in [0.1, 0.15) is 6.73 Å². The van der Waals surface area contributed by atoms with E-state index in [-0.39, 0.29) is 24.6 Å². The first kappa shape index (κ1) is 15.9. The number of rotatable bonds is 7. The number of esters is 2. The summed E-state index contributed by atoms with van der Waals surface area (Å²) in [4.78, 5) is 23.3. The lowest BCUT2D eigenvalue weighted by atomic mass is 9.79. The van der Waals surface area contributed by atoms with Gasteiger partial charge in [0, 0.05) is 0 Å². The molecule has 0 aromatic carbocycles. The molecule has 0 saturated carbocycles. The summed E-state index contributed by atoms with van der Waals surface area (Å²) in [5.74, 6) is -1.01. The quantitative estimate of drug-likeness (QED) is 0.542. The zero-order chi connectivity index (χ0) is 13.5. The molecular formula is C12H23NO4. The molecule has 0 aliphatic rings. The van der Waals surface area contributed by atoms with Gasteiger partial charge in [0.25, 0.3) is 0 Å². The third kappa shape index (κ3) is 4.73. The van der Waals surface area contributed by atoms with Gasteiger partial charge >= 0.3 is 11.9 Å². The first-order valence-corrected chi connectivity index (χ1v) is 5.95. The largest absolute Gasteiger partial charge is 0.466 e. The summed E-state index contributed by atoms with van der Waals surface area (Å²) < 4.78 is 9.74. The Morgan fingerprint density at radius 3 is 2.29 bits per heavy atom. The van der Waals surface area contributed by atoms with Gasteiger partial charge in [-0.2, -0.15) is 0 Å². The second-order valence-corrected chi connectivity index (χ2v) is 4.37. The average Bonchev–Trinajstić information content (AvgIpc) is 2.29. The van der Waals surface area contributed by atoms with E-state index in [4.69, 9.17) is 15.2 Å². The minimum Gasteiger partial charge on any atom is -0.466 e. The Morgan fingerprint density at radius 1 is 1.29 bits per heavy atom. The van der Waals surface area contributed by atoms with Crippen molar-refractivity contribution in [1.82, 2.24) is 0 Å². The molecule has 17 heavy (non-hydrogen) atoms. The van der Waals surface area contributed by atoms with Crippen LogP contribution in [0.2, 0.25) is 0 Å². The molecule has 0 amide bonds. The van der Waals surface area contributed by atoms with Gasteiger partial charge in [0.2, 0.25) is 0 Å². The van der Waals surface area contributed by atoms with Crippen LogP contribution in [-0.4, -0.2) is 25.3 Å². The van der Waals surface area contributed by atoms with Crippen molar-refractivity contribution in [3.8, 4) is 0 Å². The van der Waals surface area contributed by atoms with Crippen LogP contribution in [0.4, 0.5) is 0 Å². The van der Waals surface area contributed by atoms with Crippen LogP contribution >= 0.6 is 0 Å². The number of ether oxygens (including phenoxy) is 2. The average molecular weight is 245 g/mol. The topological polar surface area (TPSA) is 78.6 Å². The smallest absolute Gasteiger partial charge is 0.311 e. The molecule has 0 saturated heterocycles. The molecule has 0 spiro atoms. The number of carbonyl (C=O) groups is 2. The summed E-state index contributed by atoms with van der Waals surface area (Å²) in [5.41, 5.74) is 4.49. The van der Waals surface area contributed by atoms with Crippen molar-refractivity contribution in [1.29, 1.82) is 0 Å². The minimum absolute atomic E-state index is 0.134. The third-order valence-corrected chi connectivity index (χ3v) is 2.93. The maximum atomic E-state index is 11.8. The first-order valence-electron chi connectivity index (χ1n) is 5.95. The maximum absolute atomic E-state index is 11.8. The predicted molar refractivity (Wildman–Crippen MR) is 64.0 cm³/mol. The Kier molecular flexibility index (Phi) is 6.80. The Balaban J connectivity index is 4.56. The fraction of sp³-hybridized carbons (Fsp3) is 0.833. The van der Waals surface area contributed by atoms with Crippen molar-refractivity contribution in [2.24, 2.45) is 17.1 Å². The summed E-state index contributed by atoms with van der Waals surface area (Å²) >= 11 is 0. The van der Waals surface area contributed by atoms with Gasteiger partial charge in [0.15, 0.2) is 0 Å². The molecule has 2 N–H and O–H groups in total. The number of hydrogen-bond donors (Lipinski definition) is 1. The molecule has 0 radical (unpaired) electrons. The van der Waals surface area contributed by atoms with Crippen LogP contribution in [-0.2, 0) is 19.1 Å². The molecule has 0 aliphatic carbocycles. The Bertz CT molecular complexity index is 267. The second kappa shape index (κ2) is 7.27. The first-order chi connectivity index (χ1) is 7.91.